The lowest BCUT2D eigenvalue weighted by atomic mass is 10.2. The SMILES string of the molecule is O=Cc1ccc2c(ccn2COCc2ccccc2)c1. The molecule has 0 aliphatic heterocycles. The van der Waals surface area contributed by atoms with Gasteiger partial charge in [0, 0.05) is 17.1 Å². The maximum Gasteiger partial charge on any atom is 0.150 e. The van der Waals surface area contributed by atoms with Crippen LogP contribution >= 0.6 is 0 Å². The molecule has 3 rings (SSSR count). The molecule has 1 heterocycles. The van der Waals surface area contributed by atoms with Crippen molar-refractivity contribution < 1.29 is 9.53 Å². The zero-order valence-corrected chi connectivity index (χ0v) is 11.0. The van der Waals surface area contributed by atoms with E-state index < -0.39 is 0 Å². The highest BCUT2D eigenvalue weighted by Gasteiger charge is 2.02. The molecular formula is C17H15NO2. The third-order valence-electron chi connectivity index (χ3n) is 3.27. The van der Waals surface area contributed by atoms with E-state index in [9.17, 15) is 4.79 Å². The van der Waals surface area contributed by atoms with Crippen molar-refractivity contribution in [2.45, 2.75) is 13.3 Å². The summed E-state index contributed by atoms with van der Waals surface area (Å²) in [5, 5.41) is 1.05. The van der Waals surface area contributed by atoms with Gasteiger partial charge in [-0.05, 0) is 29.8 Å². The molecule has 0 atom stereocenters. The van der Waals surface area contributed by atoms with Gasteiger partial charge in [-0.2, -0.15) is 0 Å². The zero-order chi connectivity index (χ0) is 13.8. The Hall–Kier alpha value is -2.39. The van der Waals surface area contributed by atoms with Gasteiger partial charge in [-0.15, -0.1) is 0 Å². The van der Waals surface area contributed by atoms with Crippen LogP contribution in [0, 0.1) is 0 Å². The Morgan fingerprint density at radius 1 is 1.05 bits per heavy atom. The predicted molar refractivity (Wildman–Crippen MR) is 78.6 cm³/mol. The van der Waals surface area contributed by atoms with Gasteiger partial charge in [0.2, 0.25) is 0 Å². The van der Waals surface area contributed by atoms with Crippen LogP contribution < -0.4 is 0 Å². The van der Waals surface area contributed by atoms with Crippen molar-refractivity contribution in [1.82, 2.24) is 4.57 Å². The average molecular weight is 265 g/mol. The second-order valence-corrected chi connectivity index (χ2v) is 4.68. The molecule has 0 aliphatic carbocycles. The van der Waals surface area contributed by atoms with Crippen LogP contribution in [0.5, 0.6) is 0 Å². The molecule has 3 heteroatoms. The molecule has 0 spiro atoms. The molecule has 0 aliphatic rings. The van der Waals surface area contributed by atoms with Gasteiger partial charge in [-0.1, -0.05) is 30.3 Å². The van der Waals surface area contributed by atoms with Crippen molar-refractivity contribution in [3.63, 3.8) is 0 Å². The van der Waals surface area contributed by atoms with Crippen LogP contribution in [-0.2, 0) is 18.1 Å². The van der Waals surface area contributed by atoms with E-state index in [0.29, 0.717) is 18.9 Å². The number of carbonyl (C=O) groups is 1. The van der Waals surface area contributed by atoms with Gasteiger partial charge in [0.05, 0.1) is 12.1 Å². The summed E-state index contributed by atoms with van der Waals surface area (Å²) in [5.41, 5.74) is 2.93. The number of hydrogen-bond acceptors (Lipinski definition) is 2. The smallest absolute Gasteiger partial charge is 0.150 e. The summed E-state index contributed by atoms with van der Waals surface area (Å²) in [6.07, 6.45) is 2.84. The second-order valence-electron chi connectivity index (χ2n) is 4.68. The maximum absolute atomic E-state index is 10.8. The number of aromatic nitrogens is 1. The summed E-state index contributed by atoms with van der Waals surface area (Å²) in [4.78, 5) is 10.8. The van der Waals surface area contributed by atoms with Crippen molar-refractivity contribution in [3.8, 4) is 0 Å². The highest BCUT2D eigenvalue weighted by atomic mass is 16.5. The molecule has 0 saturated heterocycles. The highest BCUT2D eigenvalue weighted by Crippen LogP contribution is 2.17. The lowest BCUT2D eigenvalue weighted by Crippen LogP contribution is -2.01. The Balaban J connectivity index is 1.70. The first-order chi connectivity index (χ1) is 9.86. The fourth-order valence-corrected chi connectivity index (χ4v) is 2.24. The molecule has 0 unspecified atom stereocenters. The highest BCUT2D eigenvalue weighted by molar-refractivity contribution is 5.87. The van der Waals surface area contributed by atoms with E-state index in [0.717, 1.165) is 22.8 Å². The molecule has 0 N–H and O–H groups in total. The summed E-state index contributed by atoms with van der Waals surface area (Å²) in [6.45, 7) is 1.09. The predicted octanol–water partition coefficient (Wildman–Crippen LogP) is 3.63. The normalized spacial score (nSPS) is 10.8. The van der Waals surface area contributed by atoms with E-state index in [1.807, 2.05) is 65.4 Å². The average Bonchev–Trinajstić information content (AvgIpc) is 2.91. The van der Waals surface area contributed by atoms with Crippen LogP contribution in [0.3, 0.4) is 0 Å². The second kappa shape index (κ2) is 5.72. The quantitative estimate of drug-likeness (QED) is 0.660. The van der Waals surface area contributed by atoms with Gasteiger partial charge < -0.3 is 9.30 Å². The Labute approximate surface area is 117 Å². The Morgan fingerprint density at radius 3 is 2.70 bits per heavy atom. The van der Waals surface area contributed by atoms with Crippen molar-refractivity contribution in [2.24, 2.45) is 0 Å². The van der Waals surface area contributed by atoms with Crippen LogP contribution in [0.15, 0.2) is 60.8 Å². The number of rotatable bonds is 5. The monoisotopic (exact) mass is 265 g/mol. The van der Waals surface area contributed by atoms with E-state index >= 15 is 0 Å². The van der Waals surface area contributed by atoms with Crippen LogP contribution in [0.4, 0.5) is 0 Å². The summed E-state index contributed by atoms with van der Waals surface area (Å²) < 4.78 is 7.76. The molecule has 0 saturated carbocycles. The van der Waals surface area contributed by atoms with Crippen LogP contribution in [0.25, 0.3) is 10.9 Å². The van der Waals surface area contributed by atoms with Crippen LogP contribution in [0.2, 0.25) is 0 Å². The largest absolute Gasteiger partial charge is 0.356 e. The lowest BCUT2D eigenvalue weighted by Gasteiger charge is -2.07. The van der Waals surface area contributed by atoms with Crippen molar-refractivity contribution in [2.75, 3.05) is 0 Å². The third-order valence-corrected chi connectivity index (χ3v) is 3.27. The zero-order valence-electron chi connectivity index (χ0n) is 11.0. The fourth-order valence-electron chi connectivity index (χ4n) is 2.24. The molecule has 3 nitrogen and oxygen atoms in total. The van der Waals surface area contributed by atoms with Gasteiger partial charge in [0.1, 0.15) is 13.0 Å². The maximum atomic E-state index is 10.8. The number of nitrogens with zero attached hydrogens (tertiary/aromatic N) is 1. The summed E-state index contributed by atoms with van der Waals surface area (Å²) in [7, 11) is 0. The Morgan fingerprint density at radius 2 is 1.90 bits per heavy atom. The third kappa shape index (κ3) is 2.63. The summed E-state index contributed by atoms with van der Waals surface area (Å²) >= 11 is 0. The minimum Gasteiger partial charge on any atom is -0.356 e. The number of ether oxygens (including phenoxy) is 1. The molecule has 1 aromatic heterocycles. The van der Waals surface area contributed by atoms with Gasteiger partial charge in [0.15, 0.2) is 0 Å². The number of benzene rings is 2. The standard InChI is InChI=1S/C17H15NO2/c19-11-15-6-7-17-16(10-15)8-9-18(17)13-20-12-14-4-2-1-3-5-14/h1-11H,12-13H2. The fraction of sp³-hybridized carbons (Fsp3) is 0.118. The first kappa shape index (κ1) is 12.6. The lowest BCUT2D eigenvalue weighted by molar-refractivity contribution is 0.0668. The molecule has 20 heavy (non-hydrogen) atoms. The molecule has 0 amide bonds. The van der Waals surface area contributed by atoms with Gasteiger partial charge >= 0.3 is 0 Å². The van der Waals surface area contributed by atoms with Crippen LogP contribution in [0.1, 0.15) is 15.9 Å². The molecule has 0 radical (unpaired) electrons. The number of fused-ring (bicyclic) bond motifs is 1. The van der Waals surface area contributed by atoms with Crippen molar-refractivity contribution in [1.29, 1.82) is 0 Å². The van der Waals surface area contributed by atoms with E-state index in [4.69, 9.17) is 4.74 Å². The topological polar surface area (TPSA) is 31.2 Å². The van der Waals surface area contributed by atoms with Gasteiger partial charge in [0.25, 0.3) is 0 Å². The summed E-state index contributed by atoms with van der Waals surface area (Å²) in [6, 6.07) is 17.7. The minimum absolute atomic E-state index is 0.499. The molecule has 2 aromatic carbocycles. The first-order valence-corrected chi connectivity index (χ1v) is 6.52. The minimum atomic E-state index is 0.499. The van der Waals surface area contributed by atoms with Crippen LogP contribution in [-0.4, -0.2) is 10.9 Å². The van der Waals surface area contributed by atoms with E-state index in [1.165, 1.54) is 0 Å². The first-order valence-electron chi connectivity index (χ1n) is 6.52. The van der Waals surface area contributed by atoms with E-state index in [-0.39, 0.29) is 0 Å². The molecular weight excluding hydrogens is 250 g/mol. The summed E-state index contributed by atoms with van der Waals surface area (Å²) in [5.74, 6) is 0. The number of carbonyl (C=O) groups excluding carboxylic acids is 1. The molecule has 3 aromatic rings. The van der Waals surface area contributed by atoms with Crippen molar-refractivity contribution >= 4 is 17.2 Å². The van der Waals surface area contributed by atoms with Gasteiger partial charge in [-0.3, -0.25) is 4.79 Å². The number of hydrogen-bond donors (Lipinski definition) is 0. The number of aldehydes is 1. The van der Waals surface area contributed by atoms with E-state index in [1.54, 1.807) is 0 Å². The molecule has 0 bridgehead atoms. The Kier molecular flexibility index (Phi) is 3.61. The van der Waals surface area contributed by atoms with E-state index in [2.05, 4.69) is 0 Å². The van der Waals surface area contributed by atoms with Crippen molar-refractivity contribution in [3.05, 3.63) is 71.9 Å². The molecule has 100 valence electrons. The molecule has 0 fully saturated rings. The Bertz CT molecular complexity index is 716. The van der Waals surface area contributed by atoms with Gasteiger partial charge in [-0.25, -0.2) is 0 Å².